The molecule has 3 aromatic rings. The molecule has 7 nitrogen and oxygen atoms in total. The van der Waals surface area contributed by atoms with Crippen LogP contribution in [0.15, 0.2) is 59.8 Å². The van der Waals surface area contributed by atoms with E-state index in [0.29, 0.717) is 23.8 Å². The maximum absolute atomic E-state index is 14.6. The predicted molar refractivity (Wildman–Crippen MR) is 135 cm³/mol. The molecule has 0 radical (unpaired) electrons. The van der Waals surface area contributed by atoms with Gasteiger partial charge in [0, 0.05) is 48.1 Å². The zero-order valence-electron chi connectivity index (χ0n) is 20.0. The van der Waals surface area contributed by atoms with Gasteiger partial charge in [-0.1, -0.05) is 19.9 Å². The number of nitrogens with zero attached hydrogens (tertiary/aromatic N) is 3. The molecule has 0 amide bonds. The summed E-state index contributed by atoms with van der Waals surface area (Å²) in [5, 5.41) is 22.2. The molecular weight excluding hydrogens is 445 g/mol. The average molecular weight is 476 g/mol. The Hall–Kier alpha value is -3.65. The number of pyridine rings is 1. The molecule has 4 rings (SSSR count). The molecule has 1 aromatic carbocycles. The van der Waals surface area contributed by atoms with Crippen LogP contribution in [0.1, 0.15) is 62.4 Å². The minimum Gasteiger partial charge on any atom is -0.506 e. The minimum absolute atomic E-state index is 0.0816. The summed E-state index contributed by atoms with van der Waals surface area (Å²) >= 11 is 0. The van der Waals surface area contributed by atoms with Gasteiger partial charge < -0.3 is 20.4 Å². The highest BCUT2D eigenvalue weighted by Gasteiger charge is 2.20. The van der Waals surface area contributed by atoms with E-state index in [1.54, 1.807) is 35.2 Å². The van der Waals surface area contributed by atoms with Gasteiger partial charge in [0.2, 0.25) is 0 Å². The van der Waals surface area contributed by atoms with E-state index in [1.165, 1.54) is 24.4 Å². The van der Waals surface area contributed by atoms with E-state index in [0.717, 1.165) is 31.2 Å². The highest BCUT2D eigenvalue weighted by molar-refractivity contribution is 6.09. The summed E-state index contributed by atoms with van der Waals surface area (Å²) in [6.07, 6.45) is 9.81. The normalized spacial score (nSPS) is 13.9. The van der Waals surface area contributed by atoms with Crippen LogP contribution in [0.5, 0.6) is 0 Å². The number of aliphatic hydroxyl groups is 1. The Labute approximate surface area is 203 Å². The van der Waals surface area contributed by atoms with Crippen LogP contribution < -0.4 is 10.9 Å². The van der Waals surface area contributed by atoms with Crippen molar-refractivity contribution in [3.05, 3.63) is 88.0 Å². The van der Waals surface area contributed by atoms with E-state index in [9.17, 15) is 14.3 Å². The van der Waals surface area contributed by atoms with E-state index < -0.39 is 5.82 Å². The maximum atomic E-state index is 14.6. The number of hydrogen-bond acceptors (Lipinski definition) is 6. The van der Waals surface area contributed by atoms with Crippen molar-refractivity contribution >= 4 is 11.5 Å². The first-order valence-corrected chi connectivity index (χ1v) is 12.0. The molecule has 1 aliphatic rings. The average Bonchev–Trinajstić information content (AvgIpc) is 3.69. The first-order valence-electron chi connectivity index (χ1n) is 12.0. The third-order valence-corrected chi connectivity index (χ3v) is 6.24. The minimum atomic E-state index is -0.516. The van der Waals surface area contributed by atoms with Crippen molar-refractivity contribution in [3.63, 3.8) is 0 Å². The fraction of sp³-hybridized carbons (Fsp3) is 0.333. The zero-order chi connectivity index (χ0) is 24.9. The van der Waals surface area contributed by atoms with Gasteiger partial charge in [-0.05, 0) is 49.4 Å². The highest BCUT2D eigenvalue weighted by atomic mass is 19.1. The summed E-state index contributed by atoms with van der Waals surface area (Å²) in [5.41, 5.74) is 1.97. The number of rotatable bonds is 10. The van der Waals surface area contributed by atoms with Gasteiger partial charge in [0.25, 0.3) is 5.56 Å². The number of benzene rings is 1. The number of halogens is 1. The molecule has 8 heteroatoms. The van der Waals surface area contributed by atoms with Crippen LogP contribution in [0.4, 0.5) is 4.39 Å². The zero-order valence-corrected chi connectivity index (χ0v) is 20.0. The van der Waals surface area contributed by atoms with E-state index in [2.05, 4.69) is 15.3 Å². The Kier molecular flexibility index (Phi) is 7.51. The molecule has 0 aliphatic heterocycles. The monoisotopic (exact) mass is 475 g/mol. The molecule has 1 fully saturated rings. The first kappa shape index (κ1) is 24.5. The largest absolute Gasteiger partial charge is 0.506 e. The van der Waals surface area contributed by atoms with Crippen molar-refractivity contribution in [3.8, 4) is 11.3 Å². The molecule has 2 heterocycles. The van der Waals surface area contributed by atoms with Crippen molar-refractivity contribution in [2.75, 3.05) is 0 Å². The molecule has 35 heavy (non-hydrogen) atoms. The van der Waals surface area contributed by atoms with Crippen LogP contribution in [0.25, 0.3) is 17.0 Å². The van der Waals surface area contributed by atoms with Crippen LogP contribution in [-0.4, -0.2) is 31.4 Å². The smallest absolute Gasteiger partial charge is 0.250 e. The van der Waals surface area contributed by atoms with Crippen molar-refractivity contribution in [1.82, 2.24) is 19.9 Å². The standard InChI is InChI=1S/C27H30FN5O2/c1-3-20(4-2)33-16-18(6-10-27(33)35)24-14-30-15-25(32-24)26(34)12-23(29)21-9-5-17(11-22(21)28)13-31-19-7-8-19/h5-6,9-12,14-16,19-20,29,31,34H,3-4,7-8,13H2,1-2H3/b26-12-,29-23?. The van der Waals surface area contributed by atoms with Crippen molar-refractivity contribution < 1.29 is 9.50 Å². The van der Waals surface area contributed by atoms with Crippen molar-refractivity contribution in [2.45, 2.75) is 58.2 Å². The van der Waals surface area contributed by atoms with E-state index in [-0.39, 0.29) is 34.3 Å². The van der Waals surface area contributed by atoms with E-state index in [4.69, 9.17) is 5.41 Å². The van der Waals surface area contributed by atoms with Crippen LogP contribution >= 0.6 is 0 Å². The lowest BCUT2D eigenvalue weighted by atomic mass is 10.1. The predicted octanol–water partition coefficient (Wildman–Crippen LogP) is 5.02. The lowest BCUT2D eigenvalue weighted by Gasteiger charge is -2.17. The van der Waals surface area contributed by atoms with Crippen LogP contribution in [0.3, 0.4) is 0 Å². The molecule has 3 N–H and O–H groups in total. The van der Waals surface area contributed by atoms with Crippen LogP contribution in [0.2, 0.25) is 0 Å². The van der Waals surface area contributed by atoms with Crippen LogP contribution in [-0.2, 0) is 6.54 Å². The number of hydrogen-bond donors (Lipinski definition) is 3. The number of aliphatic hydroxyl groups excluding tert-OH is 1. The van der Waals surface area contributed by atoms with Crippen molar-refractivity contribution in [1.29, 1.82) is 5.41 Å². The molecule has 1 aliphatic carbocycles. The summed E-state index contributed by atoms with van der Waals surface area (Å²) in [5.74, 6) is -0.811. The topological polar surface area (TPSA) is 104 Å². The number of aromatic nitrogens is 3. The molecule has 0 saturated heterocycles. The lowest BCUT2D eigenvalue weighted by Crippen LogP contribution is -2.23. The SMILES string of the molecule is CCC(CC)n1cc(-c2cncc(/C(O)=C/C(=N)c3ccc(CNC4CC4)cc3F)n2)ccc1=O. The molecule has 0 bridgehead atoms. The summed E-state index contributed by atoms with van der Waals surface area (Å²) in [4.78, 5) is 21.0. The van der Waals surface area contributed by atoms with Gasteiger partial charge >= 0.3 is 0 Å². The van der Waals surface area contributed by atoms with Crippen molar-refractivity contribution in [2.24, 2.45) is 0 Å². The van der Waals surface area contributed by atoms with Gasteiger partial charge in [-0.2, -0.15) is 0 Å². The molecule has 0 unspecified atom stereocenters. The van der Waals surface area contributed by atoms with Crippen LogP contribution in [0, 0.1) is 11.2 Å². The summed E-state index contributed by atoms with van der Waals surface area (Å²) < 4.78 is 16.3. The Bertz CT molecular complexity index is 1310. The second-order valence-electron chi connectivity index (χ2n) is 8.84. The van der Waals surface area contributed by atoms with E-state index >= 15 is 0 Å². The highest BCUT2D eigenvalue weighted by Crippen LogP contribution is 2.22. The van der Waals surface area contributed by atoms with Gasteiger partial charge in [-0.15, -0.1) is 0 Å². The first-order chi connectivity index (χ1) is 16.9. The van der Waals surface area contributed by atoms with Gasteiger partial charge in [0.15, 0.2) is 0 Å². The Morgan fingerprint density at radius 2 is 2.03 bits per heavy atom. The second kappa shape index (κ2) is 10.7. The fourth-order valence-corrected chi connectivity index (χ4v) is 3.98. The Balaban J connectivity index is 1.55. The second-order valence-corrected chi connectivity index (χ2v) is 8.84. The Morgan fingerprint density at radius 1 is 1.26 bits per heavy atom. The quantitative estimate of drug-likeness (QED) is 0.282. The van der Waals surface area contributed by atoms with Gasteiger partial charge in [-0.3, -0.25) is 9.78 Å². The fourth-order valence-electron chi connectivity index (χ4n) is 3.98. The Morgan fingerprint density at radius 3 is 2.71 bits per heavy atom. The van der Waals surface area contributed by atoms with Gasteiger partial charge in [0.05, 0.1) is 23.8 Å². The third-order valence-electron chi connectivity index (χ3n) is 6.24. The molecule has 2 aromatic heterocycles. The summed E-state index contributed by atoms with van der Waals surface area (Å²) in [7, 11) is 0. The molecule has 0 spiro atoms. The third kappa shape index (κ3) is 5.89. The number of allylic oxidation sites excluding steroid dienone is 1. The van der Waals surface area contributed by atoms with E-state index in [1.807, 2.05) is 13.8 Å². The summed E-state index contributed by atoms with van der Waals surface area (Å²) in [6.45, 7) is 4.66. The van der Waals surface area contributed by atoms with Gasteiger partial charge in [0.1, 0.15) is 17.3 Å². The molecule has 0 atom stereocenters. The molecule has 182 valence electrons. The number of nitrogens with one attached hydrogen (secondary N) is 2. The molecule has 1 saturated carbocycles. The lowest BCUT2D eigenvalue weighted by molar-refractivity contribution is 0.459. The molecular formula is C27H30FN5O2. The van der Waals surface area contributed by atoms with Gasteiger partial charge in [-0.25, -0.2) is 9.37 Å². The maximum Gasteiger partial charge on any atom is 0.250 e. The summed E-state index contributed by atoms with van der Waals surface area (Å²) in [6, 6.07) is 8.53.